The lowest BCUT2D eigenvalue weighted by Crippen LogP contribution is -2.38. The molecule has 2 heterocycles. The average molecular weight is 182 g/mol. The quantitative estimate of drug-likeness (QED) is 0.596. The Balaban J connectivity index is 2.13. The van der Waals surface area contributed by atoms with E-state index in [1.165, 1.54) is 0 Å². The van der Waals surface area contributed by atoms with Gasteiger partial charge in [-0.3, -0.25) is 9.69 Å². The first kappa shape index (κ1) is 9.00. The second kappa shape index (κ2) is 2.98. The molecule has 13 heavy (non-hydrogen) atoms. The van der Waals surface area contributed by atoms with Crippen LogP contribution in [0.4, 0.5) is 0 Å². The van der Waals surface area contributed by atoms with Crippen LogP contribution < -0.4 is 0 Å². The Morgan fingerprint density at radius 1 is 1.38 bits per heavy atom. The molecule has 2 fully saturated rings. The molecule has 0 spiro atoms. The van der Waals surface area contributed by atoms with Gasteiger partial charge < -0.3 is 4.90 Å². The SMILES string of the molecule is CC(C)N1CCC2[C@@H]1CC(=O)N2C. The Morgan fingerprint density at radius 2 is 2.08 bits per heavy atom. The van der Waals surface area contributed by atoms with Crippen LogP contribution in [0, 0.1) is 0 Å². The Labute approximate surface area is 79.7 Å². The Morgan fingerprint density at radius 3 is 2.69 bits per heavy atom. The molecule has 0 aromatic carbocycles. The van der Waals surface area contributed by atoms with Crippen LogP contribution >= 0.6 is 0 Å². The highest BCUT2D eigenvalue weighted by Crippen LogP contribution is 2.32. The van der Waals surface area contributed by atoms with Gasteiger partial charge in [-0.15, -0.1) is 0 Å². The van der Waals surface area contributed by atoms with Gasteiger partial charge in [0.05, 0.1) is 0 Å². The van der Waals surface area contributed by atoms with E-state index in [0.717, 1.165) is 19.4 Å². The molecule has 0 aliphatic carbocycles. The van der Waals surface area contributed by atoms with Gasteiger partial charge in [0.2, 0.25) is 5.91 Å². The van der Waals surface area contributed by atoms with Gasteiger partial charge in [0.25, 0.3) is 0 Å². The normalized spacial score (nSPS) is 34.8. The third-order valence-corrected chi connectivity index (χ3v) is 3.49. The van der Waals surface area contributed by atoms with Crippen molar-refractivity contribution in [3.05, 3.63) is 0 Å². The molecule has 0 radical (unpaired) electrons. The van der Waals surface area contributed by atoms with E-state index in [4.69, 9.17) is 0 Å². The summed E-state index contributed by atoms with van der Waals surface area (Å²) in [5.41, 5.74) is 0. The second-order valence-electron chi connectivity index (χ2n) is 4.46. The van der Waals surface area contributed by atoms with E-state index >= 15 is 0 Å². The number of carbonyl (C=O) groups excluding carboxylic acids is 1. The van der Waals surface area contributed by atoms with Gasteiger partial charge in [0.15, 0.2) is 0 Å². The van der Waals surface area contributed by atoms with Crippen molar-refractivity contribution in [3.8, 4) is 0 Å². The lowest BCUT2D eigenvalue weighted by molar-refractivity contribution is -0.127. The zero-order chi connectivity index (χ0) is 9.59. The number of amides is 1. The van der Waals surface area contributed by atoms with E-state index in [-0.39, 0.29) is 0 Å². The molecule has 1 unspecified atom stereocenters. The molecule has 2 aliphatic heterocycles. The number of likely N-dealkylation sites (N-methyl/N-ethyl adjacent to an activating group) is 1. The van der Waals surface area contributed by atoms with Crippen LogP contribution in [0.2, 0.25) is 0 Å². The van der Waals surface area contributed by atoms with Crippen molar-refractivity contribution in [2.45, 2.75) is 44.8 Å². The molecule has 3 heteroatoms. The van der Waals surface area contributed by atoms with Gasteiger partial charge in [-0.2, -0.15) is 0 Å². The van der Waals surface area contributed by atoms with Crippen LogP contribution in [-0.2, 0) is 4.79 Å². The van der Waals surface area contributed by atoms with Gasteiger partial charge in [0, 0.05) is 38.1 Å². The van der Waals surface area contributed by atoms with Crippen molar-refractivity contribution in [1.82, 2.24) is 9.80 Å². The number of nitrogens with zero attached hydrogens (tertiary/aromatic N) is 2. The highest BCUT2D eigenvalue weighted by molar-refractivity contribution is 5.79. The molecule has 1 amide bonds. The smallest absolute Gasteiger partial charge is 0.224 e. The van der Waals surface area contributed by atoms with E-state index in [1.807, 2.05) is 11.9 Å². The van der Waals surface area contributed by atoms with Crippen LogP contribution in [0.25, 0.3) is 0 Å². The van der Waals surface area contributed by atoms with Crippen molar-refractivity contribution in [2.75, 3.05) is 13.6 Å². The first-order valence-corrected chi connectivity index (χ1v) is 5.12. The van der Waals surface area contributed by atoms with E-state index in [9.17, 15) is 4.79 Å². The number of fused-ring (bicyclic) bond motifs is 1. The molecule has 0 aromatic heterocycles. The summed E-state index contributed by atoms with van der Waals surface area (Å²) in [5.74, 6) is 0.320. The summed E-state index contributed by atoms with van der Waals surface area (Å²) in [4.78, 5) is 15.9. The predicted molar refractivity (Wildman–Crippen MR) is 51.4 cm³/mol. The maximum Gasteiger partial charge on any atom is 0.224 e. The number of rotatable bonds is 1. The topological polar surface area (TPSA) is 23.6 Å². The highest BCUT2D eigenvalue weighted by Gasteiger charge is 2.45. The molecule has 2 rings (SSSR count). The molecule has 2 saturated heterocycles. The van der Waals surface area contributed by atoms with Crippen LogP contribution in [0.1, 0.15) is 26.7 Å². The van der Waals surface area contributed by atoms with Gasteiger partial charge in [-0.25, -0.2) is 0 Å². The first-order valence-electron chi connectivity index (χ1n) is 5.12. The molecular formula is C10H18N2O. The number of hydrogen-bond donors (Lipinski definition) is 0. The lowest BCUT2D eigenvalue weighted by atomic mass is 10.1. The van der Waals surface area contributed by atoms with Crippen molar-refractivity contribution in [3.63, 3.8) is 0 Å². The summed E-state index contributed by atoms with van der Waals surface area (Å²) in [7, 11) is 1.94. The van der Waals surface area contributed by atoms with Gasteiger partial charge in [-0.1, -0.05) is 0 Å². The number of carbonyl (C=O) groups is 1. The average Bonchev–Trinajstić information content (AvgIpc) is 2.55. The first-order chi connectivity index (χ1) is 6.11. The number of likely N-dealkylation sites (tertiary alicyclic amines) is 2. The fourth-order valence-electron chi connectivity index (χ4n) is 2.71. The molecule has 0 saturated carbocycles. The van der Waals surface area contributed by atoms with Crippen molar-refractivity contribution in [2.24, 2.45) is 0 Å². The number of hydrogen-bond acceptors (Lipinski definition) is 2. The largest absolute Gasteiger partial charge is 0.341 e. The maximum atomic E-state index is 11.5. The third-order valence-electron chi connectivity index (χ3n) is 3.49. The fraction of sp³-hybridized carbons (Fsp3) is 0.900. The minimum atomic E-state index is 0.320. The molecule has 2 aliphatic rings. The van der Waals surface area contributed by atoms with Crippen LogP contribution in [0.15, 0.2) is 0 Å². The van der Waals surface area contributed by atoms with E-state index in [0.29, 0.717) is 24.0 Å². The van der Waals surface area contributed by atoms with Crippen molar-refractivity contribution >= 4 is 5.91 Å². The Kier molecular flexibility index (Phi) is 2.06. The van der Waals surface area contributed by atoms with Gasteiger partial charge in [-0.05, 0) is 20.3 Å². The summed E-state index contributed by atoms with van der Waals surface area (Å²) in [6.07, 6.45) is 1.89. The Bertz CT molecular complexity index is 227. The standard InChI is InChI=1S/C10H18N2O/c1-7(2)12-5-4-8-9(12)6-10(13)11(8)3/h7-9H,4-6H2,1-3H3/t8?,9-/m0/s1. The zero-order valence-electron chi connectivity index (χ0n) is 8.66. The van der Waals surface area contributed by atoms with E-state index in [1.54, 1.807) is 0 Å². The van der Waals surface area contributed by atoms with Crippen LogP contribution in [0.5, 0.6) is 0 Å². The minimum Gasteiger partial charge on any atom is -0.341 e. The summed E-state index contributed by atoms with van der Waals surface area (Å²) >= 11 is 0. The summed E-state index contributed by atoms with van der Waals surface area (Å²) in [5, 5.41) is 0. The summed E-state index contributed by atoms with van der Waals surface area (Å²) in [6.45, 7) is 5.58. The second-order valence-corrected chi connectivity index (χ2v) is 4.46. The molecule has 2 atom stereocenters. The lowest BCUT2D eigenvalue weighted by Gasteiger charge is -2.26. The zero-order valence-corrected chi connectivity index (χ0v) is 8.66. The fourth-order valence-corrected chi connectivity index (χ4v) is 2.71. The highest BCUT2D eigenvalue weighted by atomic mass is 16.2. The maximum absolute atomic E-state index is 11.5. The molecule has 0 aromatic rings. The third kappa shape index (κ3) is 1.26. The van der Waals surface area contributed by atoms with E-state index < -0.39 is 0 Å². The molecule has 0 N–H and O–H groups in total. The van der Waals surface area contributed by atoms with Crippen molar-refractivity contribution < 1.29 is 4.79 Å². The molecule has 0 bridgehead atoms. The van der Waals surface area contributed by atoms with Gasteiger partial charge >= 0.3 is 0 Å². The monoisotopic (exact) mass is 182 g/mol. The predicted octanol–water partition coefficient (Wildman–Crippen LogP) is 0.700. The molecule has 74 valence electrons. The summed E-state index contributed by atoms with van der Waals surface area (Å²) in [6, 6.07) is 1.57. The molecule has 3 nitrogen and oxygen atoms in total. The van der Waals surface area contributed by atoms with Gasteiger partial charge in [0.1, 0.15) is 0 Å². The van der Waals surface area contributed by atoms with Crippen LogP contribution in [-0.4, -0.2) is 47.4 Å². The van der Waals surface area contributed by atoms with Crippen LogP contribution in [0.3, 0.4) is 0 Å². The minimum absolute atomic E-state index is 0.320. The van der Waals surface area contributed by atoms with E-state index in [2.05, 4.69) is 18.7 Å². The summed E-state index contributed by atoms with van der Waals surface area (Å²) < 4.78 is 0. The molecular weight excluding hydrogens is 164 g/mol. The Hall–Kier alpha value is -0.570. The van der Waals surface area contributed by atoms with Crippen molar-refractivity contribution in [1.29, 1.82) is 0 Å².